The van der Waals surface area contributed by atoms with Crippen LogP contribution in [0, 0.1) is 0 Å². The van der Waals surface area contributed by atoms with Crippen LogP contribution in [0.15, 0.2) is 53.4 Å². The first kappa shape index (κ1) is 13.6. The fraction of sp³-hybridized carbons (Fsp3) is 0.200. The van der Waals surface area contributed by atoms with E-state index in [2.05, 4.69) is 0 Å². The molecule has 0 aliphatic rings. The number of nitrogens with zero attached hydrogens (tertiary/aromatic N) is 1. The third-order valence-electron chi connectivity index (χ3n) is 2.98. The van der Waals surface area contributed by atoms with Gasteiger partial charge in [0.2, 0.25) is 0 Å². The molecule has 0 atom stereocenters. The largest absolute Gasteiger partial charge is 0.378 e. The smallest absolute Gasteiger partial charge is 0.175 e. The van der Waals surface area contributed by atoms with E-state index >= 15 is 0 Å². The Morgan fingerprint density at radius 3 is 2.05 bits per heavy atom. The number of hydrogen-bond donors (Lipinski definition) is 0. The lowest BCUT2D eigenvalue weighted by Gasteiger charge is -2.13. The first-order valence-corrected chi connectivity index (χ1v) is 7.85. The minimum absolute atomic E-state index is 0.349. The summed E-state index contributed by atoms with van der Waals surface area (Å²) in [6.45, 7) is 0. The van der Waals surface area contributed by atoms with Gasteiger partial charge in [-0.25, -0.2) is 8.42 Å². The van der Waals surface area contributed by atoms with Crippen molar-refractivity contribution in [1.29, 1.82) is 0 Å². The predicted octanol–water partition coefficient (Wildman–Crippen LogP) is 2.82. The molecule has 0 aliphatic carbocycles. The van der Waals surface area contributed by atoms with Gasteiger partial charge in [0.25, 0.3) is 0 Å². The summed E-state index contributed by atoms with van der Waals surface area (Å²) in [6.07, 6.45) is 1.22. The predicted molar refractivity (Wildman–Crippen MR) is 79.3 cm³/mol. The molecule has 0 aromatic heterocycles. The van der Waals surface area contributed by atoms with Crippen LogP contribution in [0.1, 0.15) is 0 Å². The molecule has 0 unspecified atom stereocenters. The Labute approximate surface area is 114 Å². The average molecular weight is 275 g/mol. The van der Waals surface area contributed by atoms with Crippen LogP contribution in [0.3, 0.4) is 0 Å². The molecule has 0 radical (unpaired) electrons. The summed E-state index contributed by atoms with van der Waals surface area (Å²) >= 11 is 0. The number of hydrogen-bond acceptors (Lipinski definition) is 3. The van der Waals surface area contributed by atoms with Gasteiger partial charge in [-0.3, -0.25) is 0 Å². The molecule has 0 saturated carbocycles. The van der Waals surface area contributed by atoms with Crippen molar-refractivity contribution in [1.82, 2.24) is 0 Å². The first-order chi connectivity index (χ1) is 8.88. The van der Waals surface area contributed by atoms with Crippen LogP contribution in [0.2, 0.25) is 0 Å². The van der Waals surface area contributed by atoms with Gasteiger partial charge in [-0.15, -0.1) is 0 Å². The SMILES string of the molecule is CN(C)c1ccc(-c2cccc(S(C)(=O)=O)c2)cc1. The quantitative estimate of drug-likeness (QED) is 0.864. The minimum Gasteiger partial charge on any atom is -0.378 e. The van der Waals surface area contributed by atoms with E-state index in [-0.39, 0.29) is 0 Å². The maximum Gasteiger partial charge on any atom is 0.175 e. The third kappa shape index (κ3) is 3.15. The summed E-state index contributed by atoms with van der Waals surface area (Å²) in [5.41, 5.74) is 3.03. The van der Waals surface area contributed by atoms with E-state index in [0.29, 0.717) is 4.90 Å². The van der Waals surface area contributed by atoms with Crippen LogP contribution in [-0.2, 0) is 9.84 Å². The zero-order valence-electron chi connectivity index (χ0n) is 11.3. The van der Waals surface area contributed by atoms with E-state index in [1.165, 1.54) is 6.26 Å². The van der Waals surface area contributed by atoms with Crippen molar-refractivity contribution in [3.05, 3.63) is 48.5 Å². The average Bonchev–Trinajstić information content (AvgIpc) is 2.38. The summed E-state index contributed by atoms with van der Waals surface area (Å²) in [5.74, 6) is 0. The molecule has 3 nitrogen and oxygen atoms in total. The van der Waals surface area contributed by atoms with E-state index < -0.39 is 9.84 Å². The van der Waals surface area contributed by atoms with Gasteiger partial charge in [0, 0.05) is 26.0 Å². The van der Waals surface area contributed by atoms with Crippen molar-refractivity contribution in [2.24, 2.45) is 0 Å². The van der Waals surface area contributed by atoms with Crippen molar-refractivity contribution < 1.29 is 8.42 Å². The molecule has 2 aromatic rings. The summed E-state index contributed by atoms with van der Waals surface area (Å²) < 4.78 is 23.1. The van der Waals surface area contributed by atoms with E-state index in [9.17, 15) is 8.42 Å². The zero-order valence-corrected chi connectivity index (χ0v) is 12.1. The Bertz CT molecular complexity index is 674. The second-order valence-corrected chi connectivity index (χ2v) is 6.76. The molecule has 0 spiro atoms. The van der Waals surface area contributed by atoms with Gasteiger partial charge in [-0.1, -0.05) is 24.3 Å². The highest BCUT2D eigenvalue weighted by Crippen LogP contribution is 2.24. The van der Waals surface area contributed by atoms with E-state index in [4.69, 9.17) is 0 Å². The van der Waals surface area contributed by atoms with Gasteiger partial charge in [-0.2, -0.15) is 0 Å². The molecule has 0 heterocycles. The molecule has 4 heteroatoms. The van der Waals surface area contributed by atoms with Crippen LogP contribution >= 0.6 is 0 Å². The molecule has 2 aromatic carbocycles. The molecule has 0 saturated heterocycles. The molecular formula is C15H17NO2S. The molecule has 0 amide bonds. The minimum atomic E-state index is -3.16. The van der Waals surface area contributed by atoms with E-state index in [1.54, 1.807) is 18.2 Å². The van der Waals surface area contributed by atoms with Crippen LogP contribution in [0.4, 0.5) is 5.69 Å². The van der Waals surface area contributed by atoms with Gasteiger partial charge in [0.15, 0.2) is 9.84 Å². The third-order valence-corrected chi connectivity index (χ3v) is 4.09. The van der Waals surface area contributed by atoms with Gasteiger partial charge >= 0.3 is 0 Å². The van der Waals surface area contributed by atoms with E-state index in [0.717, 1.165) is 16.8 Å². The van der Waals surface area contributed by atoms with Crippen molar-refractivity contribution in [2.45, 2.75) is 4.90 Å². The fourth-order valence-electron chi connectivity index (χ4n) is 1.86. The maximum absolute atomic E-state index is 11.6. The molecule has 100 valence electrons. The Balaban J connectivity index is 2.42. The van der Waals surface area contributed by atoms with E-state index in [1.807, 2.05) is 49.3 Å². The van der Waals surface area contributed by atoms with Gasteiger partial charge in [0.05, 0.1) is 4.90 Å². The number of rotatable bonds is 3. The van der Waals surface area contributed by atoms with Crippen molar-refractivity contribution >= 4 is 15.5 Å². The highest BCUT2D eigenvalue weighted by atomic mass is 32.2. The van der Waals surface area contributed by atoms with Crippen LogP contribution < -0.4 is 4.90 Å². The monoisotopic (exact) mass is 275 g/mol. The Morgan fingerprint density at radius 2 is 1.53 bits per heavy atom. The van der Waals surface area contributed by atoms with Gasteiger partial charge in [0.1, 0.15) is 0 Å². The molecule has 0 bridgehead atoms. The fourth-order valence-corrected chi connectivity index (χ4v) is 2.53. The molecule has 2 rings (SSSR count). The standard InChI is InChI=1S/C15H17NO2S/c1-16(2)14-9-7-12(8-10-14)13-5-4-6-15(11-13)19(3,17)18/h4-11H,1-3H3. The Hall–Kier alpha value is -1.81. The lowest BCUT2D eigenvalue weighted by atomic mass is 10.1. The summed E-state index contributed by atoms with van der Waals surface area (Å²) in [4.78, 5) is 2.37. The van der Waals surface area contributed by atoms with Gasteiger partial charge < -0.3 is 4.90 Å². The first-order valence-electron chi connectivity index (χ1n) is 5.96. The second kappa shape index (κ2) is 5.05. The second-order valence-electron chi connectivity index (χ2n) is 4.74. The summed E-state index contributed by atoms with van der Waals surface area (Å²) in [7, 11) is 0.808. The molecule has 0 N–H and O–H groups in total. The number of anilines is 1. The lowest BCUT2D eigenvalue weighted by Crippen LogP contribution is -2.07. The Kier molecular flexibility index (Phi) is 3.62. The van der Waals surface area contributed by atoms with Crippen molar-refractivity contribution in [3.8, 4) is 11.1 Å². The summed E-state index contributed by atoms with van der Waals surface area (Å²) in [6, 6.07) is 15.0. The van der Waals surface area contributed by atoms with Crippen molar-refractivity contribution in [2.75, 3.05) is 25.3 Å². The number of sulfone groups is 1. The normalized spacial score (nSPS) is 11.3. The van der Waals surface area contributed by atoms with Crippen LogP contribution in [-0.4, -0.2) is 28.8 Å². The lowest BCUT2D eigenvalue weighted by molar-refractivity contribution is 0.602. The number of benzene rings is 2. The Morgan fingerprint density at radius 1 is 0.895 bits per heavy atom. The van der Waals surface area contributed by atoms with Crippen LogP contribution in [0.5, 0.6) is 0 Å². The van der Waals surface area contributed by atoms with Gasteiger partial charge in [-0.05, 0) is 35.4 Å². The van der Waals surface area contributed by atoms with Crippen LogP contribution in [0.25, 0.3) is 11.1 Å². The topological polar surface area (TPSA) is 37.4 Å². The maximum atomic E-state index is 11.6. The highest BCUT2D eigenvalue weighted by Gasteiger charge is 2.08. The summed E-state index contributed by atoms with van der Waals surface area (Å²) in [5, 5.41) is 0. The molecule has 0 fully saturated rings. The highest BCUT2D eigenvalue weighted by molar-refractivity contribution is 7.90. The zero-order chi connectivity index (χ0) is 14.0. The molecule has 19 heavy (non-hydrogen) atoms. The molecule has 0 aliphatic heterocycles. The van der Waals surface area contributed by atoms with Crippen molar-refractivity contribution in [3.63, 3.8) is 0 Å². The molecular weight excluding hydrogens is 258 g/mol.